The fourth-order valence-electron chi connectivity index (χ4n) is 3.52. The molecule has 0 aromatic heterocycles. The van der Waals surface area contributed by atoms with Crippen molar-refractivity contribution in [2.75, 3.05) is 23.8 Å². The smallest absolute Gasteiger partial charge is 0.408 e. The normalized spacial score (nSPS) is 25.6. The number of carbonyl (C=O) groups excluding carboxylic acids is 1. The largest absolute Gasteiger partial charge is 0.465 e. The number of aryl methyl sites for hydroxylation is 1. The summed E-state index contributed by atoms with van der Waals surface area (Å²) in [5, 5.41) is 8.78. The molecule has 0 radical (unpaired) electrons. The number of rotatable bonds is 4. The van der Waals surface area contributed by atoms with Crippen LogP contribution in [0.2, 0.25) is 0 Å². The van der Waals surface area contributed by atoms with E-state index in [4.69, 9.17) is 0 Å². The molecule has 2 saturated heterocycles. The van der Waals surface area contributed by atoms with Crippen LogP contribution in [0.3, 0.4) is 0 Å². The van der Waals surface area contributed by atoms with Crippen LogP contribution < -0.4 is 0 Å². The van der Waals surface area contributed by atoms with Crippen LogP contribution in [0.1, 0.15) is 19.4 Å². The van der Waals surface area contributed by atoms with Crippen molar-refractivity contribution in [3.05, 3.63) is 29.8 Å². The number of ketones is 1. The molecular formula is C18H24N2O5S3. The second kappa shape index (κ2) is 7.89. The van der Waals surface area contributed by atoms with Crippen LogP contribution in [0, 0.1) is 6.92 Å². The average molecular weight is 445 g/mol. The Morgan fingerprint density at radius 1 is 1.21 bits per heavy atom. The topological polar surface area (TPSA) is 95.0 Å². The molecule has 0 saturated carbocycles. The van der Waals surface area contributed by atoms with Crippen LogP contribution in [0.25, 0.3) is 0 Å². The fourth-order valence-corrected chi connectivity index (χ4v) is 8.01. The number of carboxylic acid groups (broad SMARTS) is 1. The van der Waals surface area contributed by atoms with Crippen LogP contribution in [0.5, 0.6) is 0 Å². The predicted molar refractivity (Wildman–Crippen MR) is 111 cm³/mol. The molecule has 28 heavy (non-hydrogen) atoms. The van der Waals surface area contributed by atoms with E-state index in [1.807, 2.05) is 6.92 Å². The first-order valence-corrected chi connectivity index (χ1v) is 12.5. The molecule has 1 unspecified atom stereocenters. The molecule has 2 aliphatic rings. The molecule has 1 aromatic carbocycles. The molecule has 1 aromatic rings. The minimum absolute atomic E-state index is 0.145. The number of amides is 1. The van der Waals surface area contributed by atoms with E-state index in [0.717, 1.165) is 5.56 Å². The lowest BCUT2D eigenvalue weighted by atomic mass is 10.0. The van der Waals surface area contributed by atoms with Crippen LogP contribution in [-0.2, 0) is 14.8 Å². The second-order valence-corrected chi connectivity index (χ2v) is 11.7. The number of benzene rings is 1. The van der Waals surface area contributed by atoms with Gasteiger partial charge in [0.05, 0.1) is 10.4 Å². The first-order chi connectivity index (χ1) is 13.1. The quantitative estimate of drug-likeness (QED) is 0.762. The maximum absolute atomic E-state index is 13.3. The molecule has 3 rings (SSSR count). The second-order valence-electron chi connectivity index (χ2n) is 7.55. The third-order valence-corrected chi connectivity index (χ3v) is 9.64. The van der Waals surface area contributed by atoms with Crippen molar-refractivity contribution in [2.24, 2.45) is 0 Å². The van der Waals surface area contributed by atoms with E-state index in [9.17, 15) is 23.1 Å². The zero-order valence-electron chi connectivity index (χ0n) is 16.0. The number of hydrogen-bond acceptors (Lipinski definition) is 6. The zero-order valence-corrected chi connectivity index (χ0v) is 18.4. The van der Waals surface area contributed by atoms with Crippen LogP contribution >= 0.6 is 23.5 Å². The van der Waals surface area contributed by atoms with Crippen molar-refractivity contribution >= 4 is 45.4 Å². The molecule has 0 spiro atoms. The molecular weight excluding hydrogens is 420 g/mol. The van der Waals surface area contributed by atoms with Gasteiger partial charge < -0.3 is 5.11 Å². The summed E-state index contributed by atoms with van der Waals surface area (Å²) in [7, 11) is -3.84. The maximum atomic E-state index is 13.3. The average Bonchev–Trinajstić information content (AvgIpc) is 3.10. The highest BCUT2D eigenvalue weighted by molar-refractivity contribution is 8.02. The Labute approximate surface area is 173 Å². The predicted octanol–water partition coefficient (Wildman–Crippen LogP) is 2.50. The van der Waals surface area contributed by atoms with Gasteiger partial charge in [-0.1, -0.05) is 17.7 Å². The first kappa shape index (κ1) is 21.5. The third-order valence-electron chi connectivity index (χ3n) is 4.95. The van der Waals surface area contributed by atoms with Gasteiger partial charge in [-0.3, -0.25) is 9.69 Å². The van der Waals surface area contributed by atoms with Gasteiger partial charge in [0.25, 0.3) is 0 Å². The molecule has 1 N–H and O–H groups in total. The molecule has 2 fully saturated rings. The van der Waals surface area contributed by atoms with Gasteiger partial charge in [0.1, 0.15) is 11.4 Å². The molecule has 0 aliphatic carbocycles. The lowest BCUT2D eigenvalue weighted by Crippen LogP contribution is -2.62. The summed E-state index contributed by atoms with van der Waals surface area (Å²) in [6.45, 7) is 5.68. The highest BCUT2D eigenvalue weighted by Crippen LogP contribution is 2.36. The number of carbonyl (C=O) groups is 2. The van der Waals surface area contributed by atoms with Crippen molar-refractivity contribution < 1.29 is 23.1 Å². The lowest BCUT2D eigenvalue weighted by Gasteiger charge is -2.45. The van der Waals surface area contributed by atoms with E-state index < -0.39 is 33.1 Å². The van der Waals surface area contributed by atoms with E-state index in [0.29, 0.717) is 17.3 Å². The van der Waals surface area contributed by atoms with E-state index >= 15 is 0 Å². The maximum Gasteiger partial charge on any atom is 0.408 e. The van der Waals surface area contributed by atoms with Gasteiger partial charge in [0.15, 0.2) is 5.78 Å². The van der Waals surface area contributed by atoms with Gasteiger partial charge >= 0.3 is 6.09 Å². The van der Waals surface area contributed by atoms with Gasteiger partial charge in [0.2, 0.25) is 10.0 Å². The van der Waals surface area contributed by atoms with E-state index in [1.165, 1.54) is 44.9 Å². The monoisotopic (exact) mass is 444 g/mol. The first-order valence-electron chi connectivity index (χ1n) is 8.89. The van der Waals surface area contributed by atoms with Crippen LogP contribution in [0.15, 0.2) is 29.2 Å². The fraction of sp³-hybridized carbons (Fsp3) is 0.556. The molecule has 154 valence electrons. The van der Waals surface area contributed by atoms with E-state index in [-0.39, 0.29) is 17.2 Å². The number of Topliss-reactive ketones (excluding diaryl/α,β-unsaturated/α-hetero) is 1. The Hall–Kier alpha value is -1.23. The number of nitrogens with zero attached hydrogens (tertiary/aromatic N) is 2. The molecule has 2 aliphatic heterocycles. The molecule has 10 heteroatoms. The van der Waals surface area contributed by atoms with Gasteiger partial charge in [-0.2, -0.15) is 16.1 Å². The van der Waals surface area contributed by atoms with Crippen molar-refractivity contribution in [1.29, 1.82) is 0 Å². The highest BCUT2D eigenvalue weighted by Gasteiger charge is 2.49. The molecule has 2 atom stereocenters. The van der Waals surface area contributed by atoms with Crippen molar-refractivity contribution in [1.82, 2.24) is 9.21 Å². The number of hydrogen-bond donors (Lipinski definition) is 1. The Morgan fingerprint density at radius 3 is 2.46 bits per heavy atom. The standard InChI is InChI=1S/C18H24N2O5S3/c1-12-4-6-13(7-5-12)28(24,25)19-8-9-27-16(19)15(21)14-10-26-11-18(2,3)20(14)17(22)23/h4-7,14,16H,8-11H2,1-3H3,(H,22,23)/t14?,16-/m0/s1. The van der Waals surface area contributed by atoms with Crippen molar-refractivity contribution in [2.45, 2.75) is 42.6 Å². The number of thioether (sulfide) groups is 2. The molecule has 2 heterocycles. The lowest BCUT2D eigenvalue weighted by molar-refractivity contribution is -0.125. The summed E-state index contributed by atoms with van der Waals surface area (Å²) in [5.74, 6) is 1.06. The van der Waals surface area contributed by atoms with Crippen molar-refractivity contribution in [3.8, 4) is 0 Å². The van der Waals surface area contributed by atoms with Crippen LogP contribution in [0.4, 0.5) is 4.79 Å². The number of sulfonamides is 1. The summed E-state index contributed by atoms with van der Waals surface area (Å²) in [6, 6.07) is 5.66. The van der Waals surface area contributed by atoms with Gasteiger partial charge in [0, 0.05) is 23.8 Å². The summed E-state index contributed by atoms with van der Waals surface area (Å²) < 4.78 is 27.4. The summed E-state index contributed by atoms with van der Waals surface area (Å²) in [4.78, 5) is 26.5. The van der Waals surface area contributed by atoms with E-state index in [2.05, 4.69) is 0 Å². The van der Waals surface area contributed by atoms with Gasteiger partial charge in [-0.15, -0.1) is 11.8 Å². The van der Waals surface area contributed by atoms with Gasteiger partial charge in [-0.25, -0.2) is 13.2 Å². The third kappa shape index (κ3) is 3.92. The summed E-state index contributed by atoms with van der Waals surface area (Å²) >= 11 is 2.78. The Balaban J connectivity index is 1.90. The molecule has 7 nitrogen and oxygen atoms in total. The van der Waals surface area contributed by atoms with E-state index in [1.54, 1.807) is 26.0 Å². The van der Waals surface area contributed by atoms with Gasteiger partial charge in [-0.05, 0) is 32.9 Å². The molecule has 1 amide bonds. The minimum Gasteiger partial charge on any atom is -0.465 e. The Morgan fingerprint density at radius 2 is 1.86 bits per heavy atom. The highest BCUT2D eigenvalue weighted by atomic mass is 32.2. The SMILES string of the molecule is Cc1ccc(S(=O)(=O)N2CCS[C@H]2C(=O)C2CSCC(C)(C)N2C(=O)O)cc1. The van der Waals surface area contributed by atoms with Crippen molar-refractivity contribution in [3.63, 3.8) is 0 Å². The Bertz CT molecular complexity index is 870. The zero-order chi connectivity index (χ0) is 20.7. The minimum atomic E-state index is -3.84. The Kier molecular flexibility index (Phi) is 6.05. The summed E-state index contributed by atoms with van der Waals surface area (Å²) in [6.07, 6.45) is -1.15. The van der Waals surface area contributed by atoms with Crippen LogP contribution in [-0.4, -0.2) is 75.4 Å². The summed E-state index contributed by atoms with van der Waals surface area (Å²) in [5.41, 5.74) is 0.250. The molecule has 0 bridgehead atoms.